The second kappa shape index (κ2) is 75.3. The van der Waals surface area contributed by atoms with Crippen LogP contribution in [0.5, 0.6) is 0 Å². The number of nitrogens with one attached hydrogen (secondary N) is 1. The van der Waals surface area contributed by atoms with E-state index in [4.69, 9.17) is 4.74 Å². The molecule has 0 rings (SSSR count). The average Bonchev–Trinajstić information content (AvgIpc) is 3.56. The zero-order valence-corrected chi connectivity index (χ0v) is 58.1. The van der Waals surface area contributed by atoms with Crippen molar-refractivity contribution in [2.24, 2.45) is 0 Å². The minimum absolute atomic E-state index is 0.000143. The second-order valence-corrected chi connectivity index (χ2v) is 26.7. The van der Waals surface area contributed by atoms with Crippen molar-refractivity contribution in [3.63, 3.8) is 0 Å². The van der Waals surface area contributed by atoms with Gasteiger partial charge >= 0.3 is 5.97 Å². The summed E-state index contributed by atoms with van der Waals surface area (Å²) < 4.78 is 5.48. The maximum Gasteiger partial charge on any atom is 0.305 e. The van der Waals surface area contributed by atoms with Crippen LogP contribution in [0.1, 0.15) is 425 Å². The molecule has 6 nitrogen and oxygen atoms in total. The van der Waals surface area contributed by atoms with E-state index in [2.05, 4.69) is 67.8 Å². The summed E-state index contributed by atoms with van der Waals surface area (Å²) in [5, 5.41) is 23.5. The maximum atomic E-state index is 12.6. The van der Waals surface area contributed by atoms with E-state index < -0.39 is 12.1 Å². The highest BCUT2D eigenvalue weighted by Gasteiger charge is 2.20. The predicted molar refractivity (Wildman–Crippen MR) is 379 cm³/mol. The molecule has 0 aliphatic carbocycles. The Morgan fingerprint density at radius 1 is 0.326 bits per heavy atom. The van der Waals surface area contributed by atoms with E-state index in [1.54, 1.807) is 0 Å². The van der Waals surface area contributed by atoms with Crippen LogP contribution in [-0.2, 0) is 14.3 Å². The number of aliphatic hydroxyl groups is 2. The number of hydrogen-bond acceptors (Lipinski definition) is 5. The third kappa shape index (κ3) is 70.9. The number of carbonyl (C=O) groups is 2. The van der Waals surface area contributed by atoms with Crippen molar-refractivity contribution in [2.45, 2.75) is 437 Å². The molecule has 0 saturated carbocycles. The van der Waals surface area contributed by atoms with Crippen molar-refractivity contribution in [3.8, 4) is 0 Å². The first kappa shape index (κ1) is 83.8. The molecule has 86 heavy (non-hydrogen) atoms. The van der Waals surface area contributed by atoms with Gasteiger partial charge in [-0.2, -0.15) is 0 Å². The Morgan fingerprint density at radius 3 is 0.919 bits per heavy atom. The van der Waals surface area contributed by atoms with Gasteiger partial charge in [-0.25, -0.2) is 0 Å². The average molecular weight is 1210 g/mol. The number of hydrogen-bond donors (Lipinski definition) is 3. The van der Waals surface area contributed by atoms with E-state index in [1.165, 1.54) is 334 Å². The van der Waals surface area contributed by atoms with Gasteiger partial charge in [0.25, 0.3) is 0 Å². The summed E-state index contributed by atoms with van der Waals surface area (Å²) in [4.78, 5) is 24.6. The topological polar surface area (TPSA) is 95.9 Å². The highest BCUT2D eigenvalue weighted by Crippen LogP contribution is 2.19. The molecule has 0 aromatic carbocycles. The number of allylic oxidation sites excluding steroid dienone is 8. The largest absolute Gasteiger partial charge is 0.466 e. The van der Waals surface area contributed by atoms with Crippen LogP contribution in [0.4, 0.5) is 0 Å². The molecular formula is C80H151NO5. The Morgan fingerprint density at radius 2 is 0.593 bits per heavy atom. The summed E-state index contributed by atoms with van der Waals surface area (Å²) in [6.45, 7) is 4.94. The summed E-state index contributed by atoms with van der Waals surface area (Å²) in [6.07, 6.45) is 99.1. The zero-order valence-electron chi connectivity index (χ0n) is 58.1. The molecule has 0 saturated heterocycles. The van der Waals surface area contributed by atoms with Crippen molar-refractivity contribution in [3.05, 3.63) is 48.6 Å². The standard InChI is InChI=1S/C80H151NO5/c1-3-5-7-9-11-13-15-17-19-20-21-22-36-39-42-45-48-52-56-60-64-68-72-78(83)77(76-82)81-79(84)73-69-65-61-57-53-49-46-43-40-37-34-32-30-28-26-24-23-25-27-29-31-33-35-38-41-44-47-51-55-59-63-67-71-75-86-80(85)74-70-66-62-58-54-50-18-16-14-12-10-8-6-4-2/h10,12,16,18,27,29,33,35,77-78,82-83H,3-9,11,13-15,17,19-26,28,30-32,34,36-76H2,1-2H3,(H,81,84)/b12-10-,18-16-,29-27-,35-33-. The van der Waals surface area contributed by atoms with Gasteiger partial charge in [-0.3, -0.25) is 9.59 Å². The molecule has 0 heterocycles. The quantitative estimate of drug-likeness (QED) is 0.0320. The predicted octanol–water partition coefficient (Wildman–Crippen LogP) is 25.6. The number of amides is 1. The molecule has 0 aromatic rings. The third-order valence-corrected chi connectivity index (χ3v) is 18.1. The molecule has 0 bridgehead atoms. The minimum Gasteiger partial charge on any atom is -0.466 e. The van der Waals surface area contributed by atoms with Crippen LogP contribution in [0.3, 0.4) is 0 Å². The highest BCUT2D eigenvalue weighted by molar-refractivity contribution is 5.76. The van der Waals surface area contributed by atoms with Gasteiger partial charge in [0.1, 0.15) is 0 Å². The highest BCUT2D eigenvalue weighted by atomic mass is 16.5. The van der Waals surface area contributed by atoms with Crippen LogP contribution >= 0.6 is 0 Å². The minimum atomic E-state index is -0.665. The summed E-state index contributed by atoms with van der Waals surface area (Å²) in [5.41, 5.74) is 0. The Kier molecular flexibility index (Phi) is 73.4. The lowest BCUT2D eigenvalue weighted by atomic mass is 10.0. The molecule has 0 radical (unpaired) electrons. The Hall–Kier alpha value is -2.18. The number of carbonyl (C=O) groups excluding carboxylic acids is 2. The van der Waals surface area contributed by atoms with E-state index in [9.17, 15) is 19.8 Å². The van der Waals surface area contributed by atoms with Gasteiger partial charge in [0.2, 0.25) is 5.91 Å². The van der Waals surface area contributed by atoms with Gasteiger partial charge in [0, 0.05) is 12.8 Å². The van der Waals surface area contributed by atoms with Gasteiger partial charge in [-0.05, 0) is 83.5 Å². The lowest BCUT2D eigenvalue weighted by Crippen LogP contribution is -2.45. The fourth-order valence-corrected chi connectivity index (χ4v) is 12.2. The molecule has 1 amide bonds. The second-order valence-electron chi connectivity index (χ2n) is 26.7. The molecule has 6 heteroatoms. The summed E-state index contributed by atoms with van der Waals surface area (Å²) in [7, 11) is 0. The lowest BCUT2D eigenvalue weighted by molar-refractivity contribution is -0.143. The van der Waals surface area contributed by atoms with Crippen LogP contribution in [-0.4, -0.2) is 47.4 Å². The van der Waals surface area contributed by atoms with Crippen LogP contribution in [0, 0.1) is 0 Å². The van der Waals surface area contributed by atoms with Crippen molar-refractivity contribution < 1.29 is 24.5 Å². The van der Waals surface area contributed by atoms with E-state index in [0.29, 0.717) is 25.9 Å². The zero-order chi connectivity index (χ0) is 62.0. The Bertz CT molecular complexity index is 1440. The Balaban J connectivity index is 3.39. The molecule has 0 aliphatic heterocycles. The first-order valence-corrected chi connectivity index (χ1v) is 38.9. The number of ether oxygens (including phenoxy) is 1. The number of rotatable bonds is 73. The molecular weight excluding hydrogens is 1050 g/mol. The molecule has 0 aliphatic rings. The molecule has 0 spiro atoms. The normalized spacial score (nSPS) is 12.7. The molecule has 506 valence electrons. The summed E-state index contributed by atoms with van der Waals surface area (Å²) in [6, 6.07) is -0.542. The fourth-order valence-electron chi connectivity index (χ4n) is 12.2. The lowest BCUT2D eigenvalue weighted by Gasteiger charge is -2.22. The number of unbranched alkanes of at least 4 members (excludes halogenated alkanes) is 54. The van der Waals surface area contributed by atoms with Gasteiger partial charge in [-0.1, -0.05) is 377 Å². The van der Waals surface area contributed by atoms with Crippen molar-refractivity contribution in [1.82, 2.24) is 5.32 Å². The third-order valence-electron chi connectivity index (χ3n) is 18.1. The molecule has 2 atom stereocenters. The summed E-state index contributed by atoms with van der Waals surface area (Å²) >= 11 is 0. The van der Waals surface area contributed by atoms with Crippen LogP contribution in [0.2, 0.25) is 0 Å². The fraction of sp³-hybridized carbons (Fsp3) is 0.875. The van der Waals surface area contributed by atoms with Gasteiger partial charge in [0.05, 0.1) is 25.4 Å². The van der Waals surface area contributed by atoms with Gasteiger partial charge in [0.15, 0.2) is 0 Å². The van der Waals surface area contributed by atoms with E-state index in [-0.39, 0.29) is 18.5 Å². The molecule has 0 aromatic heterocycles. The van der Waals surface area contributed by atoms with Crippen molar-refractivity contribution in [1.29, 1.82) is 0 Å². The van der Waals surface area contributed by atoms with Crippen molar-refractivity contribution in [2.75, 3.05) is 13.2 Å². The number of aliphatic hydroxyl groups excluding tert-OH is 2. The SMILES string of the molecule is CCCC/C=C\C/C=C\CCCCCCCC(=O)OCCCCCCCCCCC/C=C\C/C=C\CCCCCCCCCCCCCCCCCCCC(=O)NC(CO)C(O)CCCCCCCCCCCCCCCCCCCCCCCC. The van der Waals surface area contributed by atoms with Crippen molar-refractivity contribution >= 4 is 11.9 Å². The van der Waals surface area contributed by atoms with Crippen LogP contribution < -0.4 is 5.32 Å². The number of esters is 1. The van der Waals surface area contributed by atoms with Crippen LogP contribution in [0.25, 0.3) is 0 Å². The monoisotopic (exact) mass is 1210 g/mol. The molecule has 0 fully saturated rings. The van der Waals surface area contributed by atoms with Gasteiger partial charge < -0.3 is 20.3 Å². The van der Waals surface area contributed by atoms with E-state index in [0.717, 1.165) is 57.8 Å². The summed E-state index contributed by atoms with van der Waals surface area (Å²) in [5.74, 6) is -0.0286. The van der Waals surface area contributed by atoms with E-state index in [1.807, 2.05) is 0 Å². The van der Waals surface area contributed by atoms with Gasteiger partial charge in [-0.15, -0.1) is 0 Å². The van der Waals surface area contributed by atoms with Crippen LogP contribution in [0.15, 0.2) is 48.6 Å². The first-order chi connectivity index (χ1) is 42.5. The smallest absolute Gasteiger partial charge is 0.305 e. The molecule has 2 unspecified atom stereocenters. The van der Waals surface area contributed by atoms with E-state index >= 15 is 0 Å². The first-order valence-electron chi connectivity index (χ1n) is 38.9. The Labute approximate surface area is 537 Å². The maximum absolute atomic E-state index is 12.6. The molecule has 3 N–H and O–H groups in total.